The monoisotopic (exact) mass is 325 g/mol. The fourth-order valence-corrected chi connectivity index (χ4v) is 3.20. The normalized spacial score (nSPS) is 20.7. The highest BCUT2D eigenvalue weighted by atomic mass is 16.2. The van der Waals surface area contributed by atoms with E-state index < -0.39 is 0 Å². The van der Waals surface area contributed by atoms with Gasteiger partial charge in [-0.25, -0.2) is 9.48 Å². The molecule has 2 aromatic rings. The van der Waals surface area contributed by atoms with Crippen molar-refractivity contribution in [1.82, 2.24) is 30.0 Å². The Morgan fingerprint density at radius 3 is 2.67 bits per heavy atom. The van der Waals surface area contributed by atoms with E-state index in [-0.39, 0.29) is 6.03 Å². The number of hydrogen-bond acceptors (Lipinski definition) is 5. The van der Waals surface area contributed by atoms with Crippen LogP contribution in [0, 0.1) is 0 Å². The third kappa shape index (κ3) is 3.00. The van der Waals surface area contributed by atoms with E-state index in [1.807, 2.05) is 29.2 Å². The van der Waals surface area contributed by atoms with Gasteiger partial charge in [-0.1, -0.05) is 12.2 Å². The van der Waals surface area contributed by atoms with Crippen molar-refractivity contribution >= 4 is 11.7 Å². The molecule has 1 aromatic carbocycles. The van der Waals surface area contributed by atoms with Crippen molar-refractivity contribution in [3.8, 4) is 5.69 Å². The highest BCUT2D eigenvalue weighted by Crippen LogP contribution is 2.19. The molecule has 0 aliphatic carbocycles. The average Bonchev–Trinajstić information content (AvgIpc) is 3.35. The van der Waals surface area contributed by atoms with Crippen LogP contribution in [0.1, 0.15) is 6.42 Å². The molecule has 1 N–H and O–H groups in total. The molecule has 1 aromatic heterocycles. The molecule has 8 heteroatoms. The number of rotatable bonds is 3. The minimum absolute atomic E-state index is 0.0418. The zero-order valence-electron chi connectivity index (χ0n) is 13.2. The first-order valence-corrected chi connectivity index (χ1v) is 8.08. The van der Waals surface area contributed by atoms with E-state index in [9.17, 15) is 4.79 Å². The number of likely N-dealkylation sites (tertiary alicyclic amines) is 1. The number of aromatic nitrogens is 4. The van der Waals surface area contributed by atoms with E-state index in [1.165, 1.54) is 6.33 Å². The summed E-state index contributed by atoms with van der Waals surface area (Å²) >= 11 is 0. The van der Waals surface area contributed by atoms with E-state index in [2.05, 4.69) is 37.9 Å². The van der Waals surface area contributed by atoms with Gasteiger partial charge in [0.2, 0.25) is 0 Å². The summed E-state index contributed by atoms with van der Waals surface area (Å²) in [6, 6.07) is 7.87. The maximum atomic E-state index is 12.4. The van der Waals surface area contributed by atoms with Crippen LogP contribution in [-0.4, -0.2) is 68.3 Å². The lowest BCUT2D eigenvalue weighted by molar-refractivity contribution is 0.212. The van der Waals surface area contributed by atoms with Crippen molar-refractivity contribution in [2.24, 2.45) is 0 Å². The zero-order chi connectivity index (χ0) is 16.4. The molecule has 1 saturated heterocycles. The largest absolute Gasteiger partial charge is 0.323 e. The first-order chi connectivity index (χ1) is 11.8. The molecule has 0 unspecified atom stereocenters. The van der Waals surface area contributed by atoms with Gasteiger partial charge in [0.15, 0.2) is 0 Å². The molecule has 0 radical (unpaired) electrons. The van der Waals surface area contributed by atoms with E-state index >= 15 is 0 Å². The summed E-state index contributed by atoms with van der Waals surface area (Å²) < 4.78 is 1.57. The number of anilines is 1. The summed E-state index contributed by atoms with van der Waals surface area (Å²) in [5.41, 5.74) is 1.61. The first kappa shape index (κ1) is 14.8. The number of benzene rings is 1. The molecule has 8 nitrogen and oxygen atoms in total. The summed E-state index contributed by atoms with van der Waals surface area (Å²) in [4.78, 5) is 16.7. The molecule has 0 spiro atoms. The molecular formula is C16H19N7O. The summed E-state index contributed by atoms with van der Waals surface area (Å²) in [7, 11) is 0. The number of urea groups is 1. The maximum Gasteiger partial charge on any atom is 0.321 e. The van der Waals surface area contributed by atoms with Gasteiger partial charge in [-0.3, -0.25) is 4.90 Å². The summed E-state index contributed by atoms with van der Waals surface area (Å²) in [5.74, 6) is 0. The fourth-order valence-electron chi connectivity index (χ4n) is 3.20. The van der Waals surface area contributed by atoms with Crippen LogP contribution in [0.3, 0.4) is 0 Å². The van der Waals surface area contributed by atoms with Gasteiger partial charge in [-0.05, 0) is 41.1 Å². The van der Waals surface area contributed by atoms with E-state index in [0.29, 0.717) is 6.04 Å². The molecule has 1 atom stereocenters. The van der Waals surface area contributed by atoms with E-state index in [1.54, 1.807) is 4.68 Å². The Hall–Kier alpha value is -2.74. The molecule has 0 bridgehead atoms. The third-order valence-corrected chi connectivity index (χ3v) is 4.55. The van der Waals surface area contributed by atoms with Crippen LogP contribution in [0.25, 0.3) is 5.69 Å². The lowest BCUT2D eigenvalue weighted by Gasteiger charge is -2.23. The highest BCUT2D eigenvalue weighted by Gasteiger charge is 2.30. The van der Waals surface area contributed by atoms with Gasteiger partial charge in [-0.15, -0.1) is 5.10 Å². The van der Waals surface area contributed by atoms with Gasteiger partial charge in [0.1, 0.15) is 6.33 Å². The smallest absolute Gasteiger partial charge is 0.321 e. The number of hydrogen-bond donors (Lipinski definition) is 1. The van der Waals surface area contributed by atoms with Crippen LogP contribution in [0.5, 0.6) is 0 Å². The average molecular weight is 325 g/mol. The Kier molecular flexibility index (Phi) is 3.96. The van der Waals surface area contributed by atoms with Crippen molar-refractivity contribution in [3.05, 3.63) is 42.7 Å². The lowest BCUT2D eigenvalue weighted by Crippen LogP contribution is -2.38. The molecule has 24 heavy (non-hydrogen) atoms. The van der Waals surface area contributed by atoms with Crippen molar-refractivity contribution in [3.63, 3.8) is 0 Å². The molecule has 0 saturated carbocycles. The molecule has 2 amide bonds. The second-order valence-electron chi connectivity index (χ2n) is 6.05. The molecule has 1 fully saturated rings. The Labute approximate surface area is 139 Å². The van der Waals surface area contributed by atoms with Crippen LogP contribution in [0.4, 0.5) is 10.5 Å². The predicted octanol–water partition coefficient (Wildman–Crippen LogP) is 1.14. The summed E-state index contributed by atoms with van der Waals surface area (Å²) in [5, 5.41) is 14.0. The van der Waals surface area contributed by atoms with Crippen LogP contribution in [0.2, 0.25) is 0 Å². The summed E-state index contributed by atoms with van der Waals surface area (Å²) in [6.45, 7) is 3.59. The molecule has 2 aliphatic rings. The lowest BCUT2D eigenvalue weighted by atomic mass is 10.2. The van der Waals surface area contributed by atoms with E-state index in [4.69, 9.17) is 0 Å². The van der Waals surface area contributed by atoms with Crippen molar-refractivity contribution in [1.29, 1.82) is 0 Å². The zero-order valence-corrected chi connectivity index (χ0v) is 13.2. The Bertz CT molecular complexity index is 717. The highest BCUT2D eigenvalue weighted by molar-refractivity contribution is 5.89. The van der Waals surface area contributed by atoms with Crippen molar-refractivity contribution in [2.75, 3.05) is 31.5 Å². The first-order valence-electron chi connectivity index (χ1n) is 8.08. The Morgan fingerprint density at radius 2 is 1.96 bits per heavy atom. The molecule has 3 heterocycles. The van der Waals surface area contributed by atoms with Crippen LogP contribution in [0.15, 0.2) is 42.7 Å². The van der Waals surface area contributed by atoms with Crippen molar-refractivity contribution < 1.29 is 4.79 Å². The third-order valence-electron chi connectivity index (χ3n) is 4.55. The number of carbonyl (C=O) groups excluding carboxylic acids is 1. The Morgan fingerprint density at radius 1 is 1.17 bits per heavy atom. The van der Waals surface area contributed by atoms with Gasteiger partial charge >= 0.3 is 6.03 Å². The van der Waals surface area contributed by atoms with Crippen LogP contribution < -0.4 is 5.32 Å². The quantitative estimate of drug-likeness (QED) is 0.856. The minimum atomic E-state index is -0.0418. The number of nitrogens with one attached hydrogen (secondary N) is 1. The molecule has 4 rings (SSSR count). The van der Waals surface area contributed by atoms with Crippen LogP contribution in [-0.2, 0) is 0 Å². The molecule has 2 aliphatic heterocycles. The second kappa shape index (κ2) is 6.40. The topological polar surface area (TPSA) is 79.2 Å². The molecular weight excluding hydrogens is 306 g/mol. The number of amides is 2. The van der Waals surface area contributed by atoms with Gasteiger partial charge in [0, 0.05) is 37.9 Å². The van der Waals surface area contributed by atoms with Crippen LogP contribution >= 0.6 is 0 Å². The number of carbonyl (C=O) groups is 1. The second-order valence-corrected chi connectivity index (χ2v) is 6.05. The summed E-state index contributed by atoms with van der Waals surface area (Å²) in [6.07, 6.45) is 6.95. The minimum Gasteiger partial charge on any atom is -0.323 e. The SMILES string of the molecule is O=C(Nc1ccc(-n2cnnn2)cc1)N1CC[C@@H](N2CC=CC2)C1. The fraction of sp³-hybridized carbons (Fsp3) is 0.375. The number of nitrogens with zero attached hydrogens (tertiary/aromatic N) is 6. The maximum absolute atomic E-state index is 12.4. The Balaban J connectivity index is 1.34. The molecule has 124 valence electrons. The van der Waals surface area contributed by atoms with E-state index in [0.717, 1.165) is 44.0 Å². The number of tetrazole rings is 1. The standard InChI is InChI=1S/C16H19N7O/c24-16(22-10-7-15(11-22)21-8-1-2-9-21)18-13-3-5-14(6-4-13)23-12-17-19-20-23/h1-6,12,15H,7-11H2,(H,18,24)/t15-/m1/s1. The van der Waals surface area contributed by atoms with Gasteiger partial charge in [0.05, 0.1) is 5.69 Å². The van der Waals surface area contributed by atoms with Gasteiger partial charge < -0.3 is 10.2 Å². The van der Waals surface area contributed by atoms with Gasteiger partial charge in [-0.2, -0.15) is 0 Å². The predicted molar refractivity (Wildman–Crippen MR) is 88.9 cm³/mol. The van der Waals surface area contributed by atoms with Crippen molar-refractivity contribution in [2.45, 2.75) is 12.5 Å². The van der Waals surface area contributed by atoms with Gasteiger partial charge in [0.25, 0.3) is 0 Å².